The van der Waals surface area contributed by atoms with E-state index in [2.05, 4.69) is 27.8 Å². The third kappa shape index (κ3) is 5.12. The molecule has 0 radical (unpaired) electrons. The van der Waals surface area contributed by atoms with Crippen LogP contribution in [0.15, 0.2) is 59.1 Å². The number of nitrogens with one attached hydrogen (secondary N) is 1. The van der Waals surface area contributed by atoms with E-state index in [0.717, 1.165) is 4.47 Å². The summed E-state index contributed by atoms with van der Waals surface area (Å²) in [4.78, 5) is 12.4. The van der Waals surface area contributed by atoms with Crippen LogP contribution in [-0.4, -0.2) is 12.5 Å². The number of anilines is 1. The molecule has 2 aromatic rings. The number of amides is 1. The Morgan fingerprint density at radius 3 is 2.81 bits per heavy atom. The van der Waals surface area contributed by atoms with Crippen molar-refractivity contribution in [2.45, 2.75) is 0 Å². The van der Waals surface area contributed by atoms with Crippen LogP contribution in [0.2, 0.25) is 10.0 Å². The topological polar surface area (TPSA) is 62.1 Å². The number of ether oxygens (including phenoxy) is 1. The quantitative estimate of drug-likeness (QED) is 0.339. The monoisotopic (exact) mass is 450 g/mol. The fourth-order valence-electron chi connectivity index (χ4n) is 2.01. The van der Waals surface area contributed by atoms with Crippen LogP contribution in [0.4, 0.5) is 5.69 Å². The molecule has 132 valence electrons. The summed E-state index contributed by atoms with van der Waals surface area (Å²) < 4.78 is 6.34. The summed E-state index contributed by atoms with van der Waals surface area (Å²) in [5, 5.41) is 12.5. The molecule has 1 N–H and O–H groups in total. The third-order valence-electron chi connectivity index (χ3n) is 3.19. The standard InChI is InChI=1S/C19H13BrCl2N2O2/c1-2-8-26-17-7-6-14(20)10-12(17)9-13(11-23)19(25)24-16-5-3-4-15(21)18(16)22/h2-7,9-10H,1,8H2,(H,24,25)/b13-9+. The number of hydrogen-bond acceptors (Lipinski definition) is 3. The summed E-state index contributed by atoms with van der Waals surface area (Å²) in [7, 11) is 0. The molecule has 0 saturated heterocycles. The third-order valence-corrected chi connectivity index (χ3v) is 4.51. The molecule has 0 atom stereocenters. The maximum Gasteiger partial charge on any atom is 0.266 e. The lowest BCUT2D eigenvalue weighted by atomic mass is 10.1. The van der Waals surface area contributed by atoms with Gasteiger partial charge in [0.15, 0.2) is 0 Å². The van der Waals surface area contributed by atoms with Crippen LogP contribution < -0.4 is 10.1 Å². The van der Waals surface area contributed by atoms with Gasteiger partial charge in [0.25, 0.3) is 5.91 Å². The van der Waals surface area contributed by atoms with E-state index in [1.807, 2.05) is 6.07 Å². The number of rotatable bonds is 6. The fraction of sp³-hybridized carbons (Fsp3) is 0.0526. The minimum Gasteiger partial charge on any atom is -0.489 e. The van der Waals surface area contributed by atoms with Gasteiger partial charge in [-0.15, -0.1) is 0 Å². The van der Waals surface area contributed by atoms with E-state index in [4.69, 9.17) is 27.9 Å². The highest BCUT2D eigenvalue weighted by molar-refractivity contribution is 9.10. The van der Waals surface area contributed by atoms with E-state index in [0.29, 0.717) is 28.6 Å². The Kier molecular flexibility index (Phi) is 7.28. The zero-order valence-electron chi connectivity index (χ0n) is 13.4. The molecule has 0 bridgehead atoms. The normalized spacial score (nSPS) is 10.8. The largest absolute Gasteiger partial charge is 0.489 e. The Balaban J connectivity index is 2.34. The summed E-state index contributed by atoms with van der Waals surface area (Å²) in [5.74, 6) is -0.0826. The smallest absolute Gasteiger partial charge is 0.266 e. The average molecular weight is 452 g/mol. The summed E-state index contributed by atoms with van der Waals surface area (Å²) in [6, 6.07) is 12.0. The maximum atomic E-state index is 12.4. The van der Waals surface area contributed by atoms with Gasteiger partial charge in [0, 0.05) is 10.0 Å². The van der Waals surface area contributed by atoms with Crippen molar-refractivity contribution in [2.24, 2.45) is 0 Å². The van der Waals surface area contributed by atoms with E-state index in [-0.39, 0.29) is 10.6 Å². The number of nitriles is 1. The first-order valence-corrected chi connectivity index (χ1v) is 8.91. The Hall–Kier alpha value is -2.26. The molecule has 26 heavy (non-hydrogen) atoms. The molecule has 0 heterocycles. The van der Waals surface area contributed by atoms with Gasteiger partial charge in [-0.25, -0.2) is 0 Å². The molecular weight excluding hydrogens is 439 g/mol. The Labute approximate surface area is 169 Å². The van der Waals surface area contributed by atoms with Crippen LogP contribution in [0.5, 0.6) is 5.75 Å². The second kappa shape index (κ2) is 9.44. The molecule has 0 spiro atoms. The molecule has 2 aromatic carbocycles. The first-order chi connectivity index (χ1) is 12.5. The molecule has 0 aliphatic rings. The molecular formula is C19H13BrCl2N2O2. The van der Waals surface area contributed by atoms with Gasteiger partial charge < -0.3 is 10.1 Å². The number of halogens is 3. The van der Waals surface area contributed by atoms with Gasteiger partial charge in [-0.3, -0.25) is 4.79 Å². The van der Waals surface area contributed by atoms with Crippen molar-refractivity contribution < 1.29 is 9.53 Å². The molecule has 0 aliphatic carbocycles. The highest BCUT2D eigenvalue weighted by atomic mass is 79.9. The number of nitrogens with zero attached hydrogens (tertiary/aromatic N) is 1. The van der Waals surface area contributed by atoms with E-state index in [9.17, 15) is 10.1 Å². The maximum absolute atomic E-state index is 12.4. The van der Waals surface area contributed by atoms with E-state index < -0.39 is 5.91 Å². The van der Waals surface area contributed by atoms with Crippen LogP contribution in [-0.2, 0) is 4.79 Å². The van der Waals surface area contributed by atoms with Crippen LogP contribution in [0, 0.1) is 11.3 Å². The molecule has 0 saturated carbocycles. The van der Waals surface area contributed by atoms with Gasteiger partial charge in [0.1, 0.15) is 24.0 Å². The number of carbonyl (C=O) groups is 1. The van der Waals surface area contributed by atoms with E-state index >= 15 is 0 Å². The SMILES string of the molecule is C=CCOc1ccc(Br)cc1/C=C(\C#N)C(=O)Nc1cccc(Cl)c1Cl. The van der Waals surface area contributed by atoms with Crippen molar-refractivity contribution in [1.82, 2.24) is 0 Å². The summed E-state index contributed by atoms with van der Waals surface area (Å²) in [5.41, 5.74) is 0.787. The van der Waals surface area contributed by atoms with Gasteiger partial charge in [-0.1, -0.05) is 57.9 Å². The minimum atomic E-state index is -0.605. The highest BCUT2D eigenvalue weighted by Gasteiger charge is 2.14. The molecule has 2 rings (SSSR count). The first kappa shape index (κ1) is 20.1. The first-order valence-electron chi connectivity index (χ1n) is 7.36. The van der Waals surface area contributed by atoms with Gasteiger partial charge in [-0.2, -0.15) is 5.26 Å². The molecule has 0 aliphatic heterocycles. The van der Waals surface area contributed by atoms with E-state index in [1.165, 1.54) is 6.08 Å². The lowest BCUT2D eigenvalue weighted by Crippen LogP contribution is -2.14. The van der Waals surface area contributed by atoms with Crippen molar-refractivity contribution in [1.29, 1.82) is 5.26 Å². The molecule has 1 amide bonds. The predicted molar refractivity (Wildman–Crippen MR) is 109 cm³/mol. The van der Waals surface area contributed by atoms with Gasteiger partial charge in [0.2, 0.25) is 0 Å². The minimum absolute atomic E-state index is 0.109. The number of benzene rings is 2. The van der Waals surface area contributed by atoms with Gasteiger partial charge in [0.05, 0.1) is 15.7 Å². The van der Waals surface area contributed by atoms with E-state index in [1.54, 1.807) is 42.5 Å². The molecule has 4 nitrogen and oxygen atoms in total. The Bertz CT molecular complexity index is 920. The van der Waals surface area contributed by atoms with Crippen LogP contribution >= 0.6 is 39.1 Å². The molecule has 7 heteroatoms. The van der Waals surface area contributed by atoms with Gasteiger partial charge in [-0.05, 0) is 36.4 Å². The zero-order valence-corrected chi connectivity index (χ0v) is 16.5. The summed E-state index contributed by atoms with van der Waals surface area (Å²) in [6.45, 7) is 3.90. The fourth-order valence-corrected chi connectivity index (χ4v) is 2.73. The Morgan fingerprint density at radius 1 is 1.35 bits per heavy atom. The van der Waals surface area contributed by atoms with Crippen LogP contribution in [0.1, 0.15) is 5.56 Å². The average Bonchev–Trinajstić information content (AvgIpc) is 2.62. The highest BCUT2D eigenvalue weighted by Crippen LogP contribution is 2.30. The second-order valence-electron chi connectivity index (χ2n) is 5.01. The van der Waals surface area contributed by atoms with Crippen molar-refractivity contribution >= 4 is 56.8 Å². The molecule has 0 fully saturated rings. The summed E-state index contributed by atoms with van der Waals surface area (Å²) >= 11 is 15.4. The lowest BCUT2D eigenvalue weighted by molar-refractivity contribution is -0.112. The van der Waals surface area contributed by atoms with Crippen molar-refractivity contribution in [3.05, 3.63) is 74.7 Å². The Morgan fingerprint density at radius 2 is 2.12 bits per heavy atom. The van der Waals surface area contributed by atoms with Crippen LogP contribution in [0.25, 0.3) is 6.08 Å². The van der Waals surface area contributed by atoms with Crippen LogP contribution in [0.3, 0.4) is 0 Å². The number of hydrogen-bond donors (Lipinski definition) is 1. The second-order valence-corrected chi connectivity index (χ2v) is 6.71. The van der Waals surface area contributed by atoms with Gasteiger partial charge >= 0.3 is 0 Å². The number of carbonyl (C=O) groups excluding carboxylic acids is 1. The molecule has 0 aromatic heterocycles. The van der Waals surface area contributed by atoms with Crippen molar-refractivity contribution in [2.75, 3.05) is 11.9 Å². The summed E-state index contributed by atoms with van der Waals surface area (Å²) in [6.07, 6.45) is 3.05. The molecule has 0 unspecified atom stereocenters. The predicted octanol–water partition coefficient (Wildman–Crippen LogP) is 5.87. The zero-order chi connectivity index (χ0) is 19.1. The van der Waals surface area contributed by atoms with Crippen molar-refractivity contribution in [3.8, 4) is 11.8 Å². The van der Waals surface area contributed by atoms with Crippen molar-refractivity contribution in [3.63, 3.8) is 0 Å². The lowest BCUT2D eigenvalue weighted by Gasteiger charge is -2.10.